The van der Waals surface area contributed by atoms with Gasteiger partial charge >= 0.3 is 0 Å². The molecule has 1 aliphatic rings. The van der Waals surface area contributed by atoms with Crippen LogP contribution in [0.3, 0.4) is 0 Å². The van der Waals surface area contributed by atoms with E-state index in [2.05, 4.69) is 30.4 Å². The lowest BCUT2D eigenvalue weighted by Crippen LogP contribution is -2.47. The highest BCUT2D eigenvalue weighted by atomic mass is 32.1. The second-order valence-electron chi connectivity index (χ2n) is 8.27. The van der Waals surface area contributed by atoms with E-state index >= 15 is 0 Å². The molecule has 0 unspecified atom stereocenters. The summed E-state index contributed by atoms with van der Waals surface area (Å²) in [4.78, 5) is 17.2. The summed E-state index contributed by atoms with van der Waals surface area (Å²) in [6.45, 7) is 3.69. The monoisotopic (exact) mass is 474 g/mol. The van der Waals surface area contributed by atoms with Gasteiger partial charge in [0.05, 0.1) is 23.3 Å². The van der Waals surface area contributed by atoms with Gasteiger partial charge in [0.25, 0.3) is 5.56 Å². The zero-order chi connectivity index (χ0) is 23.2. The number of fused-ring (bicyclic) bond motifs is 3. The third kappa shape index (κ3) is 3.30. The van der Waals surface area contributed by atoms with E-state index < -0.39 is 0 Å². The molecule has 0 bridgehead atoms. The van der Waals surface area contributed by atoms with Crippen LogP contribution in [0.2, 0.25) is 0 Å². The fraction of sp³-hybridized carbons (Fsp3) is 0.273. The molecular formula is C22H22N10OS. The molecule has 0 amide bonds. The van der Waals surface area contributed by atoms with Gasteiger partial charge in [-0.15, -0.1) is 5.10 Å². The first kappa shape index (κ1) is 20.7. The van der Waals surface area contributed by atoms with E-state index in [9.17, 15) is 4.79 Å². The van der Waals surface area contributed by atoms with Gasteiger partial charge in [0.2, 0.25) is 16.5 Å². The smallest absolute Gasteiger partial charge is 0.262 e. The Morgan fingerprint density at radius 3 is 2.50 bits per heavy atom. The van der Waals surface area contributed by atoms with Crippen LogP contribution in [0.15, 0.2) is 59.4 Å². The minimum Gasteiger partial charge on any atom is -0.337 e. The second-order valence-corrected chi connectivity index (χ2v) is 8.64. The van der Waals surface area contributed by atoms with E-state index in [4.69, 9.17) is 12.2 Å². The Balaban J connectivity index is 1.24. The Hall–Kier alpha value is -3.90. The zero-order valence-electron chi connectivity index (χ0n) is 18.5. The lowest BCUT2D eigenvalue weighted by molar-refractivity contribution is 0.193. The van der Waals surface area contributed by atoms with E-state index in [1.54, 1.807) is 21.0 Å². The number of benzene rings is 2. The van der Waals surface area contributed by atoms with Crippen LogP contribution < -0.4 is 10.5 Å². The Kier molecular flexibility index (Phi) is 4.96. The van der Waals surface area contributed by atoms with Gasteiger partial charge in [-0.05, 0) is 46.9 Å². The van der Waals surface area contributed by atoms with Crippen molar-refractivity contribution in [2.75, 3.05) is 31.1 Å². The van der Waals surface area contributed by atoms with Crippen LogP contribution >= 0.6 is 12.2 Å². The fourth-order valence-electron chi connectivity index (χ4n) is 4.43. The second kappa shape index (κ2) is 8.15. The molecule has 11 nitrogen and oxygen atoms in total. The van der Waals surface area contributed by atoms with Crippen LogP contribution in [0.25, 0.3) is 22.4 Å². The zero-order valence-corrected chi connectivity index (χ0v) is 19.3. The van der Waals surface area contributed by atoms with Crippen molar-refractivity contribution in [3.05, 3.63) is 69.7 Å². The summed E-state index contributed by atoms with van der Waals surface area (Å²) >= 11 is 5.77. The molecule has 4 heterocycles. The molecule has 2 aromatic carbocycles. The van der Waals surface area contributed by atoms with Crippen molar-refractivity contribution in [3.8, 4) is 5.69 Å². The Labute approximate surface area is 199 Å². The average Bonchev–Trinajstić information content (AvgIpc) is 3.49. The summed E-state index contributed by atoms with van der Waals surface area (Å²) in [7, 11) is 1.73. The first-order chi connectivity index (χ1) is 16.6. The minimum atomic E-state index is -0.0833. The number of piperazine rings is 1. The molecule has 172 valence electrons. The highest BCUT2D eigenvalue weighted by Gasteiger charge is 2.23. The summed E-state index contributed by atoms with van der Waals surface area (Å²) < 4.78 is 7.55. The summed E-state index contributed by atoms with van der Waals surface area (Å²) in [5, 5.41) is 17.6. The lowest BCUT2D eigenvalue weighted by atomic mass is 10.2. The molecule has 1 fully saturated rings. The molecule has 1 aliphatic heterocycles. The van der Waals surface area contributed by atoms with Gasteiger partial charge in [0.15, 0.2) is 0 Å². The molecule has 0 saturated carbocycles. The van der Waals surface area contributed by atoms with Gasteiger partial charge in [-0.3, -0.25) is 18.7 Å². The Bertz CT molecular complexity index is 1610. The first-order valence-corrected chi connectivity index (χ1v) is 11.4. The van der Waals surface area contributed by atoms with Gasteiger partial charge in [-0.2, -0.15) is 4.68 Å². The number of nitrogens with zero attached hydrogens (tertiary/aromatic N) is 10. The van der Waals surface area contributed by atoms with E-state index in [0.717, 1.165) is 43.3 Å². The highest BCUT2D eigenvalue weighted by Crippen LogP contribution is 2.18. The van der Waals surface area contributed by atoms with Crippen LogP contribution in [0.1, 0.15) is 0 Å². The van der Waals surface area contributed by atoms with Crippen LogP contribution in [0, 0.1) is 4.77 Å². The lowest BCUT2D eigenvalue weighted by Gasteiger charge is -2.34. The third-order valence-electron chi connectivity index (χ3n) is 6.25. The number of anilines is 1. The number of tetrazole rings is 1. The Morgan fingerprint density at radius 2 is 1.71 bits per heavy atom. The number of para-hydroxylation sites is 2. The number of hydrogen-bond acceptors (Lipinski definition) is 8. The predicted octanol–water partition coefficient (Wildman–Crippen LogP) is 1.47. The van der Waals surface area contributed by atoms with Crippen molar-refractivity contribution in [2.45, 2.75) is 6.67 Å². The van der Waals surface area contributed by atoms with Crippen molar-refractivity contribution in [1.29, 1.82) is 0 Å². The molecule has 0 aliphatic carbocycles. The number of hydrogen-bond donors (Lipinski definition) is 0. The molecule has 0 atom stereocenters. The van der Waals surface area contributed by atoms with Crippen LogP contribution in [0.5, 0.6) is 0 Å². The molecule has 0 radical (unpaired) electrons. The molecule has 3 aromatic heterocycles. The Morgan fingerprint density at radius 1 is 0.971 bits per heavy atom. The number of aryl methyl sites for hydroxylation is 1. The molecule has 12 heteroatoms. The molecule has 0 spiro atoms. The van der Waals surface area contributed by atoms with Crippen molar-refractivity contribution in [3.63, 3.8) is 0 Å². The van der Waals surface area contributed by atoms with E-state index in [1.165, 1.54) is 0 Å². The average molecular weight is 475 g/mol. The fourth-order valence-corrected chi connectivity index (χ4v) is 4.71. The molecule has 0 N–H and O–H groups in total. The van der Waals surface area contributed by atoms with Crippen LogP contribution in [-0.2, 0) is 13.7 Å². The summed E-state index contributed by atoms with van der Waals surface area (Å²) in [5.41, 5.74) is 1.62. The molecule has 6 rings (SSSR count). The first-order valence-electron chi connectivity index (χ1n) is 11.0. The van der Waals surface area contributed by atoms with Crippen molar-refractivity contribution >= 4 is 34.8 Å². The normalized spacial score (nSPS) is 14.9. The van der Waals surface area contributed by atoms with Crippen LogP contribution in [0.4, 0.5) is 5.95 Å². The van der Waals surface area contributed by atoms with Crippen molar-refractivity contribution in [2.24, 2.45) is 7.05 Å². The minimum absolute atomic E-state index is 0.0833. The predicted molar refractivity (Wildman–Crippen MR) is 130 cm³/mol. The maximum atomic E-state index is 12.8. The van der Waals surface area contributed by atoms with E-state index in [1.807, 2.05) is 59.0 Å². The highest BCUT2D eigenvalue weighted by molar-refractivity contribution is 7.71. The summed E-state index contributed by atoms with van der Waals surface area (Å²) in [6, 6.07) is 17.4. The summed E-state index contributed by atoms with van der Waals surface area (Å²) in [6.07, 6.45) is 0. The standard InChI is InChI=1S/C22H22N10OS/c1-27-19(33)17-9-5-6-10-18(17)31-21(27)24-30(22(31)34)15-28-11-13-29(14-12-28)20-23-25-26-32(20)16-7-3-2-4-8-16/h2-10H,11-15H2,1H3. The SMILES string of the molecule is Cn1c(=O)c2ccccc2n2c(=S)n(CN3CCN(c4nnnn4-c4ccccc4)CC3)nc12. The maximum Gasteiger partial charge on any atom is 0.262 e. The van der Waals surface area contributed by atoms with E-state index in [-0.39, 0.29) is 5.56 Å². The van der Waals surface area contributed by atoms with Crippen LogP contribution in [-0.4, -0.2) is 70.0 Å². The molecule has 5 aromatic rings. The van der Waals surface area contributed by atoms with Gasteiger partial charge in [-0.25, -0.2) is 4.68 Å². The van der Waals surface area contributed by atoms with Gasteiger partial charge < -0.3 is 4.90 Å². The summed E-state index contributed by atoms with van der Waals surface area (Å²) in [5.74, 6) is 1.27. The molecular weight excluding hydrogens is 452 g/mol. The van der Waals surface area contributed by atoms with Gasteiger partial charge in [0, 0.05) is 33.2 Å². The molecule has 34 heavy (non-hydrogen) atoms. The van der Waals surface area contributed by atoms with E-state index in [0.29, 0.717) is 22.6 Å². The largest absolute Gasteiger partial charge is 0.337 e. The van der Waals surface area contributed by atoms with Crippen molar-refractivity contribution < 1.29 is 0 Å². The van der Waals surface area contributed by atoms with Gasteiger partial charge in [0.1, 0.15) is 0 Å². The maximum absolute atomic E-state index is 12.8. The topological polar surface area (TPSA) is 94.3 Å². The number of aromatic nitrogens is 8. The van der Waals surface area contributed by atoms with Gasteiger partial charge in [-0.1, -0.05) is 35.4 Å². The molecule has 1 saturated heterocycles. The van der Waals surface area contributed by atoms with Crippen molar-refractivity contribution in [1.82, 2.24) is 43.9 Å². The number of rotatable bonds is 4. The third-order valence-corrected chi connectivity index (χ3v) is 6.64. The quantitative estimate of drug-likeness (QED) is 0.362.